The number of aromatic nitrogens is 1. The molecule has 1 saturated heterocycles. The fourth-order valence-electron chi connectivity index (χ4n) is 2.42. The molecule has 0 spiro atoms. The molecule has 0 N–H and O–H groups in total. The zero-order chi connectivity index (χ0) is 14.7. The summed E-state index contributed by atoms with van der Waals surface area (Å²) in [5.74, 6) is 0.550. The summed E-state index contributed by atoms with van der Waals surface area (Å²) < 4.78 is 5.62. The largest absolute Gasteiger partial charge is 0.431 e. The minimum Gasteiger partial charge on any atom is -0.431 e. The van der Waals surface area contributed by atoms with Gasteiger partial charge < -0.3 is 14.2 Å². The molecule has 5 nitrogen and oxygen atoms in total. The molecule has 0 aliphatic carbocycles. The van der Waals surface area contributed by atoms with Gasteiger partial charge in [-0.15, -0.1) is 0 Å². The third-order valence-corrected chi connectivity index (χ3v) is 4.48. The van der Waals surface area contributed by atoms with Crippen molar-refractivity contribution in [3.8, 4) is 0 Å². The lowest BCUT2D eigenvalue weighted by atomic mass is 10.3. The number of carbonyl (C=O) groups excluding carboxylic acids is 1. The fraction of sp³-hybridized carbons (Fsp3) is 0.467. The van der Waals surface area contributed by atoms with Gasteiger partial charge in [0.15, 0.2) is 5.58 Å². The Balaban J connectivity index is 1.57. The van der Waals surface area contributed by atoms with Crippen LogP contribution >= 0.6 is 11.8 Å². The molecular formula is C15H19N3O2S. The maximum atomic E-state index is 12.3. The summed E-state index contributed by atoms with van der Waals surface area (Å²) in [6.45, 7) is 3.65. The highest BCUT2D eigenvalue weighted by Crippen LogP contribution is 2.23. The second-order valence-electron chi connectivity index (χ2n) is 5.27. The van der Waals surface area contributed by atoms with Gasteiger partial charge in [0.1, 0.15) is 5.52 Å². The van der Waals surface area contributed by atoms with Crippen molar-refractivity contribution in [3.63, 3.8) is 0 Å². The van der Waals surface area contributed by atoms with Crippen LogP contribution in [0.5, 0.6) is 0 Å². The van der Waals surface area contributed by atoms with E-state index in [2.05, 4.69) is 16.9 Å². The van der Waals surface area contributed by atoms with E-state index < -0.39 is 0 Å². The van der Waals surface area contributed by atoms with Crippen molar-refractivity contribution in [2.75, 3.05) is 39.0 Å². The van der Waals surface area contributed by atoms with Gasteiger partial charge in [-0.3, -0.25) is 4.79 Å². The highest BCUT2D eigenvalue weighted by Gasteiger charge is 2.18. The van der Waals surface area contributed by atoms with E-state index in [4.69, 9.17) is 4.42 Å². The molecule has 0 radical (unpaired) electrons. The summed E-state index contributed by atoms with van der Waals surface area (Å²) >= 11 is 1.37. The van der Waals surface area contributed by atoms with E-state index in [-0.39, 0.29) is 5.91 Å². The third-order valence-electron chi connectivity index (χ3n) is 3.67. The number of benzene rings is 1. The maximum absolute atomic E-state index is 12.3. The number of thioether (sulfide) groups is 1. The Bertz CT molecular complexity index is 595. The van der Waals surface area contributed by atoms with Crippen LogP contribution in [-0.2, 0) is 4.79 Å². The van der Waals surface area contributed by atoms with E-state index in [9.17, 15) is 4.79 Å². The first kappa shape index (κ1) is 14.4. The molecule has 1 aliphatic heterocycles. The van der Waals surface area contributed by atoms with Crippen molar-refractivity contribution in [2.45, 2.75) is 11.6 Å². The zero-order valence-electron chi connectivity index (χ0n) is 12.1. The Morgan fingerprint density at radius 3 is 3.00 bits per heavy atom. The third kappa shape index (κ3) is 3.57. The SMILES string of the molecule is CN1CCCN(C(=O)CSc2nc3ccccc3o2)CC1. The molecule has 3 rings (SSSR count). The standard InChI is InChI=1S/C15H19N3O2S/c1-17-7-4-8-18(10-9-17)14(19)11-21-15-16-12-5-2-3-6-13(12)20-15/h2-3,5-6H,4,7-11H2,1H3. The molecule has 0 bridgehead atoms. The molecule has 21 heavy (non-hydrogen) atoms. The lowest BCUT2D eigenvalue weighted by Crippen LogP contribution is -2.35. The van der Waals surface area contributed by atoms with E-state index in [1.165, 1.54) is 11.8 Å². The van der Waals surface area contributed by atoms with Gasteiger partial charge >= 0.3 is 0 Å². The summed E-state index contributed by atoms with van der Waals surface area (Å²) in [4.78, 5) is 20.8. The van der Waals surface area contributed by atoms with Crippen molar-refractivity contribution in [2.24, 2.45) is 0 Å². The topological polar surface area (TPSA) is 49.6 Å². The smallest absolute Gasteiger partial charge is 0.257 e. The van der Waals surface area contributed by atoms with Gasteiger partial charge in [0, 0.05) is 19.6 Å². The van der Waals surface area contributed by atoms with Gasteiger partial charge in [0.2, 0.25) is 5.91 Å². The number of nitrogens with zero attached hydrogens (tertiary/aromatic N) is 3. The van der Waals surface area contributed by atoms with Crippen LogP contribution in [0.15, 0.2) is 33.9 Å². The Morgan fingerprint density at radius 2 is 2.14 bits per heavy atom. The summed E-state index contributed by atoms with van der Waals surface area (Å²) in [6.07, 6.45) is 1.04. The summed E-state index contributed by atoms with van der Waals surface area (Å²) in [7, 11) is 2.10. The molecule has 0 unspecified atom stereocenters. The number of likely N-dealkylation sites (N-methyl/N-ethyl adjacent to an activating group) is 1. The van der Waals surface area contributed by atoms with Crippen molar-refractivity contribution in [3.05, 3.63) is 24.3 Å². The highest BCUT2D eigenvalue weighted by molar-refractivity contribution is 7.99. The maximum Gasteiger partial charge on any atom is 0.257 e. The van der Waals surface area contributed by atoms with Gasteiger partial charge in [-0.2, -0.15) is 0 Å². The van der Waals surface area contributed by atoms with Crippen molar-refractivity contribution < 1.29 is 9.21 Å². The van der Waals surface area contributed by atoms with Crippen molar-refractivity contribution in [1.82, 2.24) is 14.8 Å². The Labute approximate surface area is 128 Å². The molecular weight excluding hydrogens is 286 g/mol. The van der Waals surface area contributed by atoms with E-state index in [0.29, 0.717) is 11.0 Å². The molecule has 1 fully saturated rings. The number of rotatable bonds is 3. The minimum atomic E-state index is 0.164. The van der Waals surface area contributed by atoms with Crippen LogP contribution in [0.25, 0.3) is 11.1 Å². The van der Waals surface area contributed by atoms with Crippen molar-refractivity contribution in [1.29, 1.82) is 0 Å². The Kier molecular flexibility index (Phi) is 4.45. The fourth-order valence-corrected chi connectivity index (χ4v) is 3.16. The predicted molar refractivity (Wildman–Crippen MR) is 83.4 cm³/mol. The van der Waals surface area contributed by atoms with Gasteiger partial charge in [-0.25, -0.2) is 4.98 Å². The molecule has 1 amide bonds. The number of fused-ring (bicyclic) bond motifs is 1. The lowest BCUT2D eigenvalue weighted by Gasteiger charge is -2.19. The lowest BCUT2D eigenvalue weighted by molar-refractivity contribution is -0.128. The first-order valence-electron chi connectivity index (χ1n) is 7.17. The zero-order valence-corrected chi connectivity index (χ0v) is 12.9. The molecule has 2 aromatic rings. The van der Waals surface area contributed by atoms with Gasteiger partial charge in [-0.1, -0.05) is 23.9 Å². The number of amides is 1. The van der Waals surface area contributed by atoms with Gasteiger partial charge in [0.05, 0.1) is 5.75 Å². The number of hydrogen-bond donors (Lipinski definition) is 0. The van der Waals surface area contributed by atoms with Crippen LogP contribution in [-0.4, -0.2) is 59.7 Å². The first-order chi connectivity index (χ1) is 10.2. The molecule has 1 aromatic carbocycles. The second-order valence-corrected chi connectivity index (χ2v) is 6.20. The average Bonchev–Trinajstić information content (AvgIpc) is 2.78. The summed E-state index contributed by atoms with van der Waals surface area (Å²) in [6, 6.07) is 7.65. The molecule has 2 heterocycles. The van der Waals surface area contributed by atoms with Crippen molar-refractivity contribution >= 4 is 28.8 Å². The molecule has 6 heteroatoms. The van der Waals surface area contributed by atoms with Crippen LogP contribution in [0.2, 0.25) is 0 Å². The number of oxazole rings is 1. The van der Waals surface area contributed by atoms with Gasteiger partial charge in [0.25, 0.3) is 5.22 Å². The van der Waals surface area contributed by atoms with Crippen LogP contribution in [0.4, 0.5) is 0 Å². The highest BCUT2D eigenvalue weighted by atomic mass is 32.2. The first-order valence-corrected chi connectivity index (χ1v) is 8.15. The molecule has 0 atom stereocenters. The molecule has 0 saturated carbocycles. The number of para-hydroxylation sites is 2. The van der Waals surface area contributed by atoms with Gasteiger partial charge in [-0.05, 0) is 32.1 Å². The van der Waals surface area contributed by atoms with Crippen LogP contribution in [0.1, 0.15) is 6.42 Å². The predicted octanol–water partition coefficient (Wildman–Crippen LogP) is 2.08. The Hall–Kier alpha value is -1.53. The van der Waals surface area contributed by atoms with E-state index in [1.54, 1.807) is 0 Å². The van der Waals surface area contributed by atoms with Crippen LogP contribution in [0, 0.1) is 0 Å². The number of carbonyl (C=O) groups is 1. The summed E-state index contributed by atoms with van der Waals surface area (Å²) in [5.41, 5.74) is 1.60. The normalized spacial score (nSPS) is 17.1. The van der Waals surface area contributed by atoms with E-state index >= 15 is 0 Å². The molecule has 112 valence electrons. The Morgan fingerprint density at radius 1 is 1.29 bits per heavy atom. The number of hydrogen-bond acceptors (Lipinski definition) is 5. The van der Waals surface area contributed by atoms with Crippen LogP contribution < -0.4 is 0 Å². The monoisotopic (exact) mass is 305 g/mol. The molecule has 1 aliphatic rings. The van der Waals surface area contributed by atoms with Crippen LogP contribution in [0.3, 0.4) is 0 Å². The van der Waals surface area contributed by atoms with E-state index in [0.717, 1.165) is 43.7 Å². The minimum absolute atomic E-state index is 0.164. The second kappa shape index (κ2) is 6.49. The van der Waals surface area contributed by atoms with E-state index in [1.807, 2.05) is 29.2 Å². The molecule has 1 aromatic heterocycles. The average molecular weight is 305 g/mol. The quantitative estimate of drug-likeness (QED) is 0.813. The summed E-state index contributed by atoms with van der Waals surface area (Å²) in [5, 5.41) is 0.566.